The van der Waals surface area contributed by atoms with Crippen LogP contribution in [0, 0.1) is 0 Å². The molecule has 0 saturated carbocycles. The lowest BCUT2D eigenvalue weighted by molar-refractivity contribution is 0.176. The van der Waals surface area contributed by atoms with Crippen LogP contribution < -0.4 is 0 Å². The van der Waals surface area contributed by atoms with Crippen molar-refractivity contribution in [3.05, 3.63) is 11.1 Å². The maximum Gasteiger partial charge on any atom is 0.0775 e. The predicted octanol–water partition coefficient (Wildman–Crippen LogP) is 1.93. The molecule has 0 saturated heterocycles. The molecule has 0 fully saturated rings. The molecule has 7 heavy (non-hydrogen) atoms. The number of ether oxygens (including phenoxy) is 1. The number of hydrogen-bond donors (Lipinski definition) is 0. The van der Waals surface area contributed by atoms with Crippen LogP contribution in [0.3, 0.4) is 0 Å². The SMILES string of the molecule is C=C(Br)COCC. The van der Waals surface area contributed by atoms with Crippen LogP contribution in [0.25, 0.3) is 0 Å². The fourth-order valence-electron chi connectivity index (χ4n) is 0.213. The smallest absolute Gasteiger partial charge is 0.0775 e. The van der Waals surface area contributed by atoms with Gasteiger partial charge in [-0.2, -0.15) is 0 Å². The maximum absolute atomic E-state index is 4.95. The van der Waals surface area contributed by atoms with Crippen molar-refractivity contribution in [2.45, 2.75) is 6.92 Å². The van der Waals surface area contributed by atoms with E-state index in [0.717, 1.165) is 11.1 Å². The highest BCUT2D eigenvalue weighted by atomic mass is 79.9. The van der Waals surface area contributed by atoms with Gasteiger partial charge in [-0.1, -0.05) is 22.5 Å². The minimum Gasteiger partial charge on any atom is -0.377 e. The summed E-state index contributed by atoms with van der Waals surface area (Å²) in [5.74, 6) is 0. The molecule has 0 aromatic heterocycles. The quantitative estimate of drug-likeness (QED) is 0.620. The Labute approximate surface area is 52.5 Å². The van der Waals surface area contributed by atoms with E-state index in [4.69, 9.17) is 4.74 Å². The van der Waals surface area contributed by atoms with Crippen LogP contribution in [0.15, 0.2) is 11.1 Å². The fourth-order valence-corrected chi connectivity index (χ4v) is 0.375. The maximum atomic E-state index is 4.95. The lowest BCUT2D eigenvalue weighted by atomic mass is 10.7. The average Bonchev–Trinajstić information content (AvgIpc) is 1.61. The highest BCUT2D eigenvalue weighted by Gasteiger charge is 1.81. The van der Waals surface area contributed by atoms with Crippen LogP contribution in [-0.2, 0) is 4.74 Å². The van der Waals surface area contributed by atoms with E-state index in [-0.39, 0.29) is 0 Å². The average molecular weight is 165 g/mol. The van der Waals surface area contributed by atoms with Gasteiger partial charge >= 0.3 is 0 Å². The largest absolute Gasteiger partial charge is 0.377 e. The van der Waals surface area contributed by atoms with E-state index in [1.165, 1.54) is 0 Å². The molecule has 0 aliphatic carbocycles. The molecule has 0 aliphatic rings. The molecular formula is C5H9BrO. The van der Waals surface area contributed by atoms with Crippen molar-refractivity contribution in [2.75, 3.05) is 13.2 Å². The Balaban J connectivity index is 2.82. The zero-order valence-corrected chi connectivity index (χ0v) is 5.99. The van der Waals surface area contributed by atoms with Crippen LogP contribution in [0.2, 0.25) is 0 Å². The van der Waals surface area contributed by atoms with Crippen molar-refractivity contribution in [3.63, 3.8) is 0 Å². The van der Waals surface area contributed by atoms with Gasteiger partial charge in [-0.25, -0.2) is 0 Å². The fraction of sp³-hybridized carbons (Fsp3) is 0.600. The highest BCUT2D eigenvalue weighted by Crippen LogP contribution is 1.98. The van der Waals surface area contributed by atoms with E-state index in [1.54, 1.807) is 0 Å². The van der Waals surface area contributed by atoms with Crippen molar-refractivity contribution < 1.29 is 4.74 Å². The third-order valence-corrected chi connectivity index (χ3v) is 0.692. The Morgan fingerprint density at radius 2 is 2.43 bits per heavy atom. The molecule has 0 N–H and O–H groups in total. The van der Waals surface area contributed by atoms with Crippen molar-refractivity contribution in [1.29, 1.82) is 0 Å². The molecule has 42 valence electrons. The van der Waals surface area contributed by atoms with Gasteiger partial charge in [0.15, 0.2) is 0 Å². The van der Waals surface area contributed by atoms with Gasteiger partial charge < -0.3 is 4.74 Å². The minimum atomic E-state index is 0.622. The second-order valence-corrected chi connectivity index (χ2v) is 2.28. The van der Waals surface area contributed by atoms with Gasteiger partial charge in [-0.05, 0) is 6.92 Å². The van der Waals surface area contributed by atoms with Crippen molar-refractivity contribution in [2.24, 2.45) is 0 Å². The van der Waals surface area contributed by atoms with Crippen molar-refractivity contribution in [3.8, 4) is 0 Å². The summed E-state index contributed by atoms with van der Waals surface area (Å²) in [7, 11) is 0. The summed E-state index contributed by atoms with van der Waals surface area (Å²) >= 11 is 3.16. The lowest BCUT2D eigenvalue weighted by Gasteiger charge is -1.94. The third kappa shape index (κ3) is 6.18. The standard InChI is InChI=1S/C5H9BrO/c1-3-7-4-5(2)6/h2-4H2,1H3. The Kier molecular flexibility index (Phi) is 4.45. The molecule has 1 nitrogen and oxygen atoms in total. The molecule has 0 aromatic rings. The topological polar surface area (TPSA) is 9.23 Å². The zero-order valence-electron chi connectivity index (χ0n) is 4.41. The normalized spacial score (nSPS) is 8.86. The van der Waals surface area contributed by atoms with Gasteiger partial charge in [-0.3, -0.25) is 0 Å². The van der Waals surface area contributed by atoms with Gasteiger partial charge in [0.1, 0.15) is 0 Å². The van der Waals surface area contributed by atoms with Crippen molar-refractivity contribution in [1.82, 2.24) is 0 Å². The lowest BCUT2D eigenvalue weighted by Crippen LogP contribution is -1.90. The molecule has 0 bridgehead atoms. The zero-order chi connectivity index (χ0) is 5.70. The van der Waals surface area contributed by atoms with Gasteiger partial charge in [0.05, 0.1) is 6.61 Å². The molecule has 0 atom stereocenters. The molecule has 0 aromatic carbocycles. The van der Waals surface area contributed by atoms with Crippen LogP contribution in [0.5, 0.6) is 0 Å². The van der Waals surface area contributed by atoms with Crippen LogP contribution >= 0.6 is 15.9 Å². The van der Waals surface area contributed by atoms with E-state index in [2.05, 4.69) is 22.5 Å². The number of rotatable bonds is 3. The first-order valence-corrected chi connectivity index (χ1v) is 2.97. The van der Waals surface area contributed by atoms with E-state index in [0.29, 0.717) is 6.61 Å². The Bertz CT molecular complexity index is 61.1. The summed E-state index contributed by atoms with van der Waals surface area (Å²) in [6.07, 6.45) is 0. The molecule has 0 heterocycles. The highest BCUT2D eigenvalue weighted by molar-refractivity contribution is 9.11. The molecule has 2 heteroatoms. The summed E-state index contributed by atoms with van der Waals surface area (Å²) in [6, 6.07) is 0. The van der Waals surface area contributed by atoms with Crippen molar-refractivity contribution >= 4 is 15.9 Å². The molecule has 0 unspecified atom stereocenters. The molecule has 0 radical (unpaired) electrons. The van der Waals surface area contributed by atoms with Crippen LogP contribution in [0.4, 0.5) is 0 Å². The third-order valence-electron chi connectivity index (χ3n) is 0.463. The Hall–Kier alpha value is 0.180. The summed E-state index contributed by atoms with van der Waals surface area (Å²) in [4.78, 5) is 0. The van der Waals surface area contributed by atoms with Gasteiger partial charge in [0.25, 0.3) is 0 Å². The van der Waals surface area contributed by atoms with Gasteiger partial charge in [0.2, 0.25) is 0 Å². The first kappa shape index (κ1) is 7.18. The van der Waals surface area contributed by atoms with E-state index in [1.807, 2.05) is 6.92 Å². The monoisotopic (exact) mass is 164 g/mol. The first-order chi connectivity index (χ1) is 3.27. The molecule has 0 aliphatic heterocycles. The van der Waals surface area contributed by atoms with Crippen LogP contribution in [-0.4, -0.2) is 13.2 Å². The molecule has 0 amide bonds. The molecule has 0 rings (SSSR count). The summed E-state index contributed by atoms with van der Waals surface area (Å²) < 4.78 is 5.85. The first-order valence-electron chi connectivity index (χ1n) is 2.18. The van der Waals surface area contributed by atoms with Gasteiger partial charge in [0, 0.05) is 11.1 Å². The van der Waals surface area contributed by atoms with E-state index >= 15 is 0 Å². The second kappa shape index (κ2) is 4.34. The summed E-state index contributed by atoms with van der Waals surface area (Å²) in [6.45, 7) is 6.91. The summed E-state index contributed by atoms with van der Waals surface area (Å²) in [5, 5.41) is 0. The van der Waals surface area contributed by atoms with Crippen LogP contribution in [0.1, 0.15) is 6.92 Å². The summed E-state index contributed by atoms with van der Waals surface area (Å²) in [5.41, 5.74) is 0. The second-order valence-electron chi connectivity index (χ2n) is 1.15. The minimum absolute atomic E-state index is 0.622. The molecular weight excluding hydrogens is 156 g/mol. The number of halogens is 1. The molecule has 0 spiro atoms. The number of hydrogen-bond acceptors (Lipinski definition) is 1. The van der Waals surface area contributed by atoms with Gasteiger partial charge in [-0.15, -0.1) is 0 Å². The van der Waals surface area contributed by atoms with E-state index < -0.39 is 0 Å². The predicted molar refractivity (Wildman–Crippen MR) is 34.6 cm³/mol. The Morgan fingerprint density at radius 1 is 1.86 bits per heavy atom. The Morgan fingerprint density at radius 3 is 2.57 bits per heavy atom. The van der Waals surface area contributed by atoms with E-state index in [9.17, 15) is 0 Å².